The molecule has 1 aliphatic rings. The van der Waals surface area contributed by atoms with E-state index in [2.05, 4.69) is 74.7 Å². The zero-order valence-corrected chi connectivity index (χ0v) is 20.5. The number of benzene rings is 2. The molecule has 4 aromatic heterocycles. The van der Waals surface area contributed by atoms with Gasteiger partial charge in [-0.2, -0.15) is 5.10 Å². The maximum Gasteiger partial charge on any atom is 0.155 e. The van der Waals surface area contributed by atoms with Crippen LogP contribution in [-0.2, 0) is 6.54 Å². The fraction of sp³-hybridized carbons (Fsp3) is 0.200. The van der Waals surface area contributed by atoms with E-state index in [0.29, 0.717) is 5.92 Å². The Kier molecular flexibility index (Phi) is 5.48. The number of piperidine rings is 1. The average Bonchev–Trinajstić information content (AvgIpc) is 3.60. The topological polar surface area (TPSA) is 75.0 Å². The van der Waals surface area contributed by atoms with E-state index >= 15 is 0 Å². The van der Waals surface area contributed by atoms with Gasteiger partial charge < -0.3 is 4.98 Å². The quantitative estimate of drug-likeness (QED) is 0.338. The summed E-state index contributed by atoms with van der Waals surface area (Å²) in [5, 5.41) is 4.39. The molecule has 182 valence electrons. The number of aromatic nitrogens is 6. The molecule has 1 saturated heterocycles. The first-order valence-corrected chi connectivity index (χ1v) is 12.8. The number of pyridine rings is 1. The summed E-state index contributed by atoms with van der Waals surface area (Å²) in [6, 6.07) is 23.2. The van der Waals surface area contributed by atoms with Crippen molar-refractivity contribution in [1.82, 2.24) is 34.4 Å². The standard InChI is InChI=1S/C30H27N7/c1-2-4-22(5-3-1)25-20-37-28(11-15-32-37)35-29(25)23-8-6-21(7-9-23)19-36-16-12-24(13-17-36)30-33-26-10-14-31-18-27(26)34-30/h1-11,14-15,18,20,24H,12-13,16-17,19H2,(H,33,34). The van der Waals surface area contributed by atoms with Crippen LogP contribution in [0.4, 0.5) is 0 Å². The number of H-pyrrole nitrogens is 1. The zero-order valence-electron chi connectivity index (χ0n) is 20.5. The number of rotatable bonds is 5. The van der Waals surface area contributed by atoms with E-state index in [1.807, 2.05) is 28.9 Å². The molecular weight excluding hydrogens is 458 g/mol. The number of hydrogen-bond donors (Lipinski definition) is 1. The SMILES string of the molecule is c1ccc(-c2cn3nccc3nc2-c2ccc(CN3CCC(c4nc5ccncc5[nH]4)CC3)cc2)cc1. The summed E-state index contributed by atoms with van der Waals surface area (Å²) < 4.78 is 1.84. The van der Waals surface area contributed by atoms with Crippen LogP contribution < -0.4 is 0 Å². The van der Waals surface area contributed by atoms with Crippen LogP contribution in [0.15, 0.2) is 91.5 Å². The van der Waals surface area contributed by atoms with Crippen LogP contribution in [0, 0.1) is 0 Å². The van der Waals surface area contributed by atoms with Crippen LogP contribution in [0.5, 0.6) is 0 Å². The lowest BCUT2D eigenvalue weighted by Crippen LogP contribution is -2.32. The Labute approximate surface area is 214 Å². The number of likely N-dealkylation sites (tertiary alicyclic amines) is 1. The second kappa shape index (κ2) is 9.26. The molecule has 37 heavy (non-hydrogen) atoms. The molecule has 7 rings (SSSR count). The van der Waals surface area contributed by atoms with Crippen molar-refractivity contribution in [2.75, 3.05) is 13.1 Å². The highest BCUT2D eigenvalue weighted by Crippen LogP contribution is 2.32. The normalized spacial score (nSPS) is 15.0. The molecule has 0 bridgehead atoms. The van der Waals surface area contributed by atoms with Crippen LogP contribution in [0.2, 0.25) is 0 Å². The van der Waals surface area contributed by atoms with Gasteiger partial charge >= 0.3 is 0 Å². The summed E-state index contributed by atoms with van der Waals surface area (Å²) in [7, 11) is 0. The van der Waals surface area contributed by atoms with Gasteiger partial charge in [0.2, 0.25) is 0 Å². The minimum absolute atomic E-state index is 0.479. The van der Waals surface area contributed by atoms with Gasteiger partial charge in [0.15, 0.2) is 5.65 Å². The van der Waals surface area contributed by atoms with Gasteiger partial charge in [-0.3, -0.25) is 9.88 Å². The van der Waals surface area contributed by atoms with Crippen LogP contribution in [0.1, 0.15) is 30.1 Å². The second-order valence-corrected chi connectivity index (χ2v) is 9.77. The molecule has 0 spiro atoms. The smallest absolute Gasteiger partial charge is 0.155 e. The molecule has 5 heterocycles. The number of nitrogens with one attached hydrogen (secondary N) is 1. The molecule has 0 atom stereocenters. The van der Waals surface area contributed by atoms with Gasteiger partial charge in [0.05, 0.1) is 29.1 Å². The number of imidazole rings is 1. The first-order valence-electron chi connectivity index (χ1n) is 12.8. The van der Waals surface area contributed by atoms with Crippen molar-refractivity contribution in [3.63, 3.8) is 0 Å². The number of nitrogens with zero attached hydrogens (tertiary/aromatic N) is 6. The van der Waals surface area contributed by atoms with Crippen LogP contribution in [0.3, 0.4) is 0 Å². The number of aromatic amines is 1. The van der Waals surface area contributed by atoms with Crippen molar-refractivity contribution in [2.24, 2.45) is 0 Å². The van der Waals surface area contributed by atoms with Crippen molar-refractivity contribution < 1.29 is 0 Å². The third-order valence-corrected chi connectivity index (χ3v) is 7.38. The number of hydrogen-bond acceptors (Lipinski definition) is 5. The number of fused-ring (bicyclic) bond motifs is 2. The fourth-order valence-electron chi connectivity index (χ4n) is 5.36. The molecule has 0 unspecified atom stereocenters. The molecule has 7 nitrogen and oxygen atoms in total. The highest BCUT2D eigenvalue weighted by molar-refractivity contribution is 5.81. The Morgan fingerprint density at radius 3 is 2.49 bits per heavy atom. The summed E-state index contributed by atoms with van der Waals surface area (Å²) in [5.41, 5.74) is 8.51. The first kappa shape index (κ1) is 21.9. The lowest BCUT2D eigenvalue weighted by molar-refractivity contribution is 0.202. The van der Waals surface area contributed by atoms with Crippen molar-refractivity contribution in [1.29, 1.82) is 0 Å². The molecule has 0 amide bonds. The summed E-state index contributed by atoms with van der Waals surface area (Å²) in [6.07, 6.45) is 9.75. The van der Waals surface area contributed by atoms with Crippen molar-refractivity contribution in [2.45, 2.75) is 25.3 Å². The van der Waals surface area contributed by atoms with Crippen molar-refractivity contribution >= 4 is 16.7 Å². The Morgan fingerprint density at radius 1 is 0.838 bits per heavy atom. The molecule has 0 aliphatic carbocycles. The molecule has 1 fully saturated rings. The zero-order chi connectivity index (χ0) is 24.6. The van der Waals surface area contributed by atoms with Crippen molar-refractivity contribution in [3.05, 3.63) is 103 Å². The predicted octanol–water partition coefficient (Wildman–Crippen LogP) is 5.71. The Balaban J connectivity index is 1.07. The minimum Gasteiger partial charge on any atom is -0.340 e. The average molecular weight is 486 g/mol. The third-order valence-electron chi connectivity index (χ3n) is 7.38. The summed E-state index contributed by atoms with van der Waals surface area (Å²) in [4.78, 5) is 20.0. The van der Waals surface area contributed by atoms with Crippen LogP contribution in [-0.4, -0.2) is 47.5 Å². The summed E-state index contributed by atoms with van der Waals surface area (Å²) in [6.45, 7) is 3.09. The van der Waals surface area contributed by atoms with Crippen molar-refractivity contribution in [3.8, 4) is 22.4 Å². The molecular formula is C30H27N7. The van der Waals surface area contributed by atoms with E-state index in [4.69, 9.17) is 9.97 Å². The maximum atomic E-state index is 4.96. The van der Waals surface area contributed by atoms with Gasteiger partial charge in [0.1, 0.15) is 5.82 Å². The van der Waals surface area contributed by atoms with E-state index in [-0.39, 0.29) is 0 Å². The molecule has 0 saturated carbocycles. The molecule has 0 radical (unpaired) electrons. The van der Waals surface area contributed by atoms with Gasteiger partial charge in [-0.05, 0) is 43.1 Å². The summed E-state index contributed by atoms with van der Waals surface area (Å²) in [5.74, 6) is 1.58. The van der Waals surface area contributed by atoms with E-state index in [1.165, 1.54) is 5.56 Å². The monoisotopic (exact) mass is 485 g/mol. The molecule has 2 aromatic carbocycles. The highest BCUT2D eigenvalue weighted by Gasteiger charge is 2.23. The largest absolute Gasteiger partial charge is 0.340 e. The minimum atomic E-state index is 0.479. The van der Waals surface area contributed by atoms with E-state index < -0.39 is 0 Å². The molecule has 1 aliphatic heterocycles. The van der Waals surface area contributed by atoms with E-state index in [1.54, 1.807) is 12.4 Å². The predicted molar refractivity (Wildman–Crippen MR) is 145 cm³/mol. The Bertz CT molecular complexity index is 1630. The summed E-state index contributed by atoms with van der Waals surface area (Å²) >= 11 is 0. The van der Waals surface area contributed by atoms with Crippen LogP contribution >= 0.6 is 0 Å². The lowest BCUT2D eigenvalue weighted by Gasteiger charge is -2.31. The highest BCUT2D eigenvalue weighted by atomic mass is 15.2. The fourth-order valence-corrected chi connectivity index (χ4v) is 5.36. The van der Waals surface area contributed by atoms with Gasteiger partial charge in [-0.25, -0.2) is 14.5 Å². The third kappa shape index (κ3) is 4.27. The van der Waals surface area contributed by atoms with Gasteiger partial charge in [0.25, 0.3) is 0 Å². The van der Waals surface area contributed by atoms with Gasteiger partial charge in [0, 0.05) is 42.0 Å². The molecule has 7 heteroatoms. The maximum absolute atomic E-state index is 4.96. The lowest BCUT2D eigenvalue weighted by atomic mass is 9.95. The second-order valence-electron chi connectivity index (χ2n) is 9.77. The Morgan fingerprint density at radius 2 is 1.68 bits per heavy atom. The van der Waals surface area contributed by atoms with Crippen LogP contribution in [0.25, 0.3) is 39.1 Å². The van der Waals surface area contributed by atoms with E-state index in [0.717, 1.165) is 77.4 Å². The van der Waals surface area contributed by atoms with Gasteiger partial charge in [-0.1, -0.05) is 54.6 Å². The molecule has 6 aromatic rings. The van der Waals surface area contributed by atoms with Gasteiger partial charge in [-0.15, -0.1) is 0 Å². The van der Waals surface area contributed by atoms with E-state index in [9.17, 15) is 0 Å². The Hall–Kier alpha value is -4.36. The first-order chi connectivity index (χ1) is 18.3. The molecule has 1 N–H and O–H groups in total.